The molecule has 2 aromatic heterocycles. The van der Waals surface area contributed by atoms with Crippen LogP contribution < -0.4 is 4.90 Å². The fourth-order valence-electron chi connectivity index (χ4n) is 2.81. The molecule has 8 heteroatoms. The quantitative estimate of drug-likeness (QED) is 0.718. The zero-order valence-electron chi connectivity index (χ0n) is 12.5. The van der Waals surface area contributed by atoms with Gasteiger partial charge in [0.05, 0.1) is 0 Å². The first kappa shape index (κ1) is 14.0. The Hall–Kier alpha value is -2.61. The van der Waals surface area contributed by atoms with E-state index in [1.54, 1.807) is 6.07 Å². The van der Waals surface area contributed by atoms with Crippen molar-refractivity contribution < 1.29 is 4.39 Å². The summed E-state index contributed by atoms with van der Waals surface area (Å²) in [6.07, 6.45) is 0. The molecule has 118 valence electrons. The summed E-state index contributed by atoms with van der Waals surface area (Å²) >= 11 is 0. The average Bonchev–Trinajstić information content (AvgIpc) is 3.05. The molecule has 1 saturated heterocycles. The summed E-state index contributed by atoms with van der Waals surface area (Å²) in [6.45, 7) is 4.05. The van der Waals surface area contributed by atoms with E-state index in [9.17, 15) is 4.39 Å². The van der Waals surface area contributed by atoms with E-state index < -0.39 is 0 Å². The molecule has 0 N–H and O–H groups in total. The molecule has 0 saturated carbocycles. The van der Waals surface area contributed by atoms with Crippen LogP contribution in [-0.4, -0.2) is 56.3 Å². The van der Waals surface area contributed by atoms with Gasteiger partial charge in [-0.1, -0.05) is 18.2 Å². The van der Waals surface area contributed by atoms with Crippen molar-refractivity contribution in [1.29, 1.82) is 0 Å². The highest BCUT2D eigenvalue weighted by atomic mass is 19.1. The molecule has 0 atom stereocenters. The van der Waals surface area contributed by atoms with E-state index in [-0.39, 0.29) is 5.82 Å². The van der Waals surface area contributed by atoms with Crippen molar-refractivity contribution in [2.75, 3.05) is 31.1 Å². The number of aromatic nitrogens is 5. The van der Waals surface area contributed by atoms with Gasteiger partial charge in [-0.05, 0) is 28.6 Å². The van der Waals surface area contributed by atoms with Gasteiger partial charge in [0, 0.05) is 38.3 Å². The van der Waals surface area contributed by atoms with Crippen molar-refractivity contribution in [3.63, 3.8) is 0 Å². The average molecular weight is 313 g/mol. The van der Waals surface area contributed by atoms with Gasteiger partial charge in [0.2, 0.25) is 0 Å². The predicted molar refractivity (Wildman–Crippen MR) is 82.5 cm³/mol. The number of nitrogens with zero attached hydrogens (tertiary/aromatic N) is 7. The second-order valence-corrected chi connectivity index (χ2v) is 5.57. The molecule has 1 aromatic carbocycles. The largest absolute Gasteiger partial charge is 0.353 e. The first-order valence-electron chi connectivity index (χ1n) is 7.56. The topological polar surface area (TPSA) is 62.5 Å². The van der Waals surface area contributed by atoms with Crippen molar-refractivity contribution in [3.05, 3.63) is 47.8 Å². The number of halogens is 1. The van der Waals surface area contributed by atoms with Crippen LogP contribution in [0.1, 0.15) is 5.56 Å². The second-order valence-electron chi connectivity index (χ2n) is 5.57. The van der Waals surface area contributed by atoms with Gasteiger partial charge >= 0.3 is 0 Å². The molecule has 23 heavy (non-hydrogen) atoms. The summed E-state index contributed by atoms with van der Waals surface area (Å²) in [4.78, 5) is 4.45. The summed E-state index contributed by atoms with van der Waals surface area (Å²) in [7, 11) is 0. The van der Waals surface area contributed by atoms with Crippen molar-refractivity contribution >= 4 is 11.5 Å². The molecule has 1 fully saturated rings. The number of piperazine rings is 1. The molecule has 0 spiro atoms. The highest BCUT2D eigenvalue weighted by molar-refractivity contribution is 5.44. The van der Waals surface area contributed by atoms with Crippen LogP contribution >= 0.6 is 0 Å². The Morgan fingerprint density at radius 2 is 1.83 bits per heavy atom. The smallest absolute Gasteiger partial charge is 0.200 e. The van der Waals surface area contributed by atoms with Crippen molar-refractivity contribution in [1.82, 2.24) is 30.2 Å². The monoisotopic (exact) mass is 313 g/mol. The lowest BCUT2D eigenvalue weighted by molar-refractivity contribution is 0.246. The van der Waals surface area contributed by atoms with Crippen molar-refractivity contribution in [2.45, 2.75) is 6.54 Å². The van der Waals surface area contributed by atoms with Crippen LogP contribution in [0.2, 0.25) is 0 Å². The summed E-state index contributed by atoms with van der Waals surface area (Å²) in [5.41, 5.74) is 1.38. The first-order chi connectivity index (χ1) is 11.3. The zero-order valence-corrected chi connectivity index (χ0v) is 12.5. The SMILES string of the molecule is Fc1ccccc1CN1CCN(c2ccc3nnnn3n2)CC1. The van der Waals surface area contributed by atoms with E-state index in [4.69, 9.17) is 0 Å². The lowest BCUT2D eigenvalue weighted by Gasteiger charge is -2.35. The van der Waals surface area contributed by atoms with Crippen LogP contribution in [-0.2, 0) is 6.54 Å². The van der Waals surface area contributed by atoms with Crippen LogP contribution in [0, 0.1) is 5.82 Å². The Kier molecular flexibility index (Phi) is 3.58. The van der Waals surface area contributed by atoms with Gasteiger partial charge in [-0.25, -0.2) is 4.39 Å². The molecule has 0 bridgehead atoms. The third-order valence-corrected chi connectivity index (χ3v) is 4.10. The fourth-order valence-corrected chi connectivity index (χ4v) is 2.81. The zero-order chi connectivity index (χ0) is 15.6. The summed E-state index contributed by atoms with van der Waals surface area (Å²) in [6, 6.07) is 10.7. The Labute approximate surface area is 132 Å². The summed E-state index contributed by atoms with van der Waals surface area (Å²) in [5, 5.41) is 15.7. The van der Waals surface area contributed by atoms with Gasteiger partial charge in [0.15, 0.2) is 11.5 Å². The van der Waals surface area contributed by atoms with E-state index in [0.717, 1.165) is 37.6 Å². The molecular formula is C15H16FN7. The molecule has 0 aliphatic carbocycles. The van der Waals surface area contributed by atoms with Gasteiger partial charge in [-0.3, -0.25) is 4.90 Å². The van der Waals surface area contributed by atoms with Crippen molar-refractivity contribution in [3.8, 4) is 0 Å². The normalized spacial score (nSPS) is 16.1. The van der Waals surface area contributed by atoms with Crippen LogP contribution in [0.25, 0.3) is 5.65 Å². The predicted octanol–water partition coefficient (Wildman–Crippen LogP) is 0.981. The molecule has 0 amide bonds. The fraction of sp³-hybridized carbons (Fsp3) is 0.333. The molecule has 3 heterocycles. The van der Waals surface area contributed by atoms with Gasteiger partial charge < -0.3 is 4.90 Å². The Balaban J connectivity index is 1.41. The summed E-state index contributed by atoms with van der Waals surface area (Å²) < 4.78 is 15.2. The Bertz CT molecular complexity index is 810. The number of hydrogen-bond donors (Lipinski definition) is 0. The minimum Gasteiger partial charge on any atom is -0.353 e. The van der Waals surface area contributed by atoms with E-state index in [1.807, 2.05) is 24.3 Å². The number of benzene rings is 1. The van der Waals surface area contributed by atoms with E-state index in [0.29, 0.717) is 12.2 Å². The van der Waals surface area contributed by atoms with Gasteiger partial charge in [0.25, 0.3) is 0 Å². The van der Waals surface area contributed by atoms with Crippen molar-refractivity contribution in [2.24, 2.45) is 0 Å². The molecule has 0 radical (unpaired) electrons. The van der Waals surface area contributed by atoms with Gasteiger partial charge in [-0.15, -0.1) is 14.8 Å². The van der Waals surface area contributed by atoms with Crippen LogP contribution in [0.3, 0.4) is 0 Å². The standard InChI is InChI=1S/C15H16FN7/c16-13-4-2-1-3-12(13)11-21-7-9-22(10-8-21)15-6-5-14-17-19-20-23(14)18-15/h1-6H,7-11H2. The molecule has 1 aliphatic heterocycles. The number of hydrogen-bond acceptors (Lipinski definition) is 6. The van der Waals surface area contributed by atoms with Gasteiger partial charge in [0.1, 0.15) is 5.82 Å². The first-order valence-corrected chi connectivity index (χ1v) is 7.56. The highest BCUT2D eigenvalue weighted by Crippen LogP contribution is 2.16. The molecule has 1 aliphatic rings. The van der Waals surface area contributed by atoms with Crippen LogP contribution in [0.4, 0.5) is 10.2 Å². The molecular weight excluding hydrogens is 297 g/mol. The van der Waals surface area contributed by atoms with E-state index in [2.05, 4.69) is 30.4 Å². The minimum absolute atomic E-state index is 0.138. The maximum atomic E-state index is 13.7. The minimum atomic E-state index is -0.138. The number of anilines is 1. The third-order valence-electron chi connectivity index (χ3n) is 4.10. The third kappa shape index (κ3) is 2.85. The van der Waals surface area contributed by atoms with Gasteiger partial charge in [-0.2, -0.15) is 0 Å². The molecule has 7 nitrogen and oxygen atoms in total. The summed E-state index contributed by atoms with van der Waals surface area (Å²) in [5.74, 6) is 0.719. The number of rotatable bonds is 3. The Morgan fingerprint density at radius 1 is 1.00 bits per heavy atom. The lowest BCUT2D eigenvalue weighted by Crippen LogP contribution is -2.46. The van der Waals surface area contributed by atoms with Crippen LogP contribution in [0.15, 0.2) is 36.4 Å². The lowest BCUT2D eigenvalue weighted by atomic mass is 10.2. The Morgan fingerprint density at radius 3 is 2.65 bits per heavy atom. The second kappa shape index (κ2) is 5.88. The number of tetrazole rings is 1. The van der Waals surface area contributed by atoms with E-state index >= 15 is 0 Å². The van der Waals surface area contributed by atoms with Crippen LogP contribution in [0.5, 0.6) is 0 Å². The molecule has 4 rings (SSSR count). The molecule has 0 unspecified atom stereocenters. The highest BCUT2D eigenvalue weighted by Gasteiger charge is 2.19. The van der Waals surface area contributed by atoms with E-state index in [1.165, 1.54) is 10.7 Å². The maximum absolute atomic E-state index is 13.7. The number of fused-ring (bicyclic) bond motifs is 1. The molecule has 3 aromatic rings. The maximum Gasteiger partial charge on any atom is 0.200 e.